The van der Waals surface area contributed by atoms with Crippen molar-refractivity contribution in [1.29, 1.82) is 0 Å². The van der Waals surface area contributed by atoms with Gasteiger partial charge in [-0.15, -0.1) is 0 Å². The number of methoxy groups -OCH3 is 2. The third-order valence-electron chi connectivity index (χ3n) is 3.47. The van der Waals surface area contributed by atoms with Gasteiger partial charge in [-0.2, -0.15) is 8.78 Å². The van der Waals surface area contributed by atoms with Crippen LogP contribution in [-0.4, -0.2) is 20.0 Å². The van der Waals surface area contributed by atoms with Gasteiger partial charge in [-0.25, -0.2) is 8.78 Å². The Labute approximate surface area is 147 Å². The second kappa shape index (κ2) is 8.33. The molecule has 0 saturated carbocycles. The van der Waals surface area contributed by atoms with E-state index < -0.39 is 29.1 Å². The minimum atomic E-state index is -2.03. The zero-order chi connectivity index (χ0) is 19.3. The first kappa shape index (κ1) is 19.2. The van der Waals surface area contributed by atoms with Crippen LogP contribution < -0.4 is 9.47 Å². The monoisotopic (exact) mass is 366 g/mol. The first-order valence-corrected chi connectivity index (χ1v) is 7.33. The van der Waals surface area contributed by atoms with Crippen LogP contribution in [0.4, 0.5) is 17.6 Å². The van der Waals surface area contributed by atoms with Gasteiger partial charge >= 0.3 is 0 Å². The number of benzene rings is 2. The summed E-state index contributed by atoms with van der Waals surface area (Å²) >= 11 is 0. The van der Waals surface area contributed by atoms with Gasteiger partial charge in [0.15, 0.2) is 11.7 Å². The predicted octanol–water partition coefficient (Wildman–Crippen LogP) is 5.19. The molecule has 3 nitrogen and oxygen atoms in total. The normalized spacial score (nSPS) is 12.8. The first-order chi connectivity index (χ1) is 12.4. The zero-order valence-corrected chi connectivity index (χ0v) is 13.9. The Kier molecular flexibility index (Phi) is 6.16. The molecule has 0 fully saturated rings. The lowest BCUT2D eigenvalue weighted by molar-refractivity contribution is -0.114. The lowest BCUT2D eigenvalue weighted by atomic mass is 10.1. The van der Waals surface area contributed by atoms with Crippen molar-refractivity contribution in [1.82, 2.24) is 0 Å². The summed E-state index contributed by atoms with van der Waals surface area (Å²) in [6.45, 7) is 0. The van der Waals surface area contributed by atoms with Gasteiger partial charge in [-0.05, 0) is 48.5 Å². The minimum Gasteiger partial charge on any atom is -0.497 e. The number of ether oxygens (including phenoxy) is 2. The van der Waals surface area contributed by atoms with E-state index in [1.807, 2.05) is 0 Å². The molecule has 0 unspecified atom stereocenters. The van der Waals surface area contributed by atoms with E-state index in [-0.39, 0.29) is 11.1 Å². The highest BCUT2D eigenvalue weighted by atomic mass is 19.2. The van der Waals surface area contributed by atoms with Gasteiger partial charge in [0.25, 0.3) is 5.78 Å². The van der Waals surface area contributed by atoms with Crippen LogP contribution in [0.15, 0.2) is 60.2 Å². The fourth-order valence-corrected chi connectivity index (χ4v) is 2.02. The molecule has 0 aliphatic rings. The van der Waals surface area contributed by atoms with E-state index in [1.165, 1.54) is 38.5 Å². The molecule has 7 heteroatoms. The summed E-state index contributed by atoms with van der Waals surface area (Å²) < 4.78 is 65.8. The quantitative estimate of drug-likeness (QED) is 0.521. The standard InChI is InChI=1S/C19H14F4O3/c1-25-13-7-3-11(4-8-13)15(20)17(22)19(24)18(23)16(21)12-5-9-14(26-2)10-6-12/h3-10H,1-2H3/b17-15+,18-16+. The smallest absolute Gasteiger partial charge is 0.255 e. The Morgan fingerprint density at radius 3 is 1.23 bits per heavy atom. The fourth-order valence-electron chi connectivity index (χ4n) is 2.02. The van der Waals surface area contributed by atoms with Crippen molar-refractivity contribution in [3.05, 3.63) is 71.3 Å². The number of halogens is 4. The van der Waals surface area contributed by atoms with E-state index >= 15 is 0 Å². The van der Waals surface area contributed by atoms with Crippen molar-refractivity contribution < 1.29 is 31.8 Å². The highest BCUT2D eigenvalue weighted by molar-refractivity contribution is 6.12. The molecule has 0 amide bonds. The Morgan fingerprint density at radius 1 is 0.654 bits per heavy atom. The number of hydrogen-bond donors (Lipinski definition) is 0. The van der Waals surface area contributed by atoms with Crippen molar-refractivity contribution in [2.75, 3.05) is 14.2 Å². The molecule has 0 radical (unpaired) electrons. The van der Waals surface area contributed by atoms with E-state index in [4.69, 9.17) is 9.47 Å². The fraction of sp³-hybridized carbons (Fsp3) is 0.105. The number of allylic oxidation sites excluding steroid dienone is 2. The molecule has 0 aromatic heterocycles. The predicted molar refractivity (Wildman–Crippen MR) is 89.3 cm³/mol. The van der Waals surface area contributed by atoms with Crippen LogP contribution in [0.5, 0.6) is 11.5 Å². The average Bonchev–Trinajstić information content (AvgIpc) is 2.71. The molecule has 0 atom stereocenters. The van der Waals surface area contributed by atoms with Crippen molar-refractivity contribution in [2.45, 2.75) is 0 Å². The summed E-state index contributed by atoms with van der Waals surface area (Å²) in [5.74, 6) is -8.53. The third-order valence-corrected chi connectivity index (χ3v) is 3.47. The van der Waals surface area contributed by atoms with Gasteiger partial charge in [-0.1, -0.05) is 0 Å². The Balaban J connectivity index is 2.33. The summed E-state index contributed by atoms with van der Waals surface area (Å²) in [4.78, 5) is 11.7. The van der Waals surface area contributed by atoms with Gasteiger partial charge in [0.1, 0.15) is 11.5 Å². The van der Waals surface area contributed by atoms with Crippen molar-refractivity contribution in [2.24, 2.45) is 0 Å². The van der Waals surface area contributed by atoms with Gasteiger partial charge in [0.05, 0.1) is 14.2 Å². The molecule has 26 heavy (non-hydrogen) atoms. The second-order valence-corrected chi connectivity index (χ2v) is 5.04. The van der Waals surface area contributed by atoms with Crippen LogP contribution in [0, 0.1) is 0 Å². The van der Waals surface area contributed by atoms with Crippen LogP contribution >= 0.6 is 0 Å². The van der Waals surface area contributed by atoms with Gasteiger partial charge in [-0.3, -0.25) is 4.79 Å². The lowest BCUT2D eigenvalue weighted by Gasteiger charge is -2.04. The molecule has 0 heterocycles. The molecular formula is C19H14F4O3. The van der Waals surface area contributed by atoms with Gasteiger partial charge < -0.3 is 9.47 Å². The van der Waals surface area contributed by atoms with Crippen LogP contribution in [0.25, 0.3) is 11.7 Å². The van der Waals surface area contributed by atoms with E-state index in [9.17, 15) is 22.4 Å². The highest BCUT2D eigenvalue weighted by Crippen LogP contribution is 2.29. The van der Waals surface area contributed by atoms with Crippen LogP contribution in [-0.2, 0) is 4.79 Å². The number of Topliss-reactive ketones (excluding diaryl/α,β-unsaturated/α-hetero) is 1. The lowest BCUT2D eigenvalue weighted by Crippen LogP contribution is -2.03. The molecule has 136 valence electrons. The van der Waals surface area contributed by atoms with E-state index in [1.54, 1.807) is 0 Å². The van der Waals surface area contributed by atoms with Gasteiger partial charge in [0.2, 0.25) is 11.7 Å². The summed E-state index contributed by atoms with van der Waals surface area (Å²) in [7, 11) is 2.76. The Bertz CT molecular complexity index is 782. The molecule has 2 rings (SSSR count). The largest absolute Gasteiger partial charge is 0.497 e. The maximum absolute atomic E-state index is 14.1. The number of hydrogen-bond acceptors (Lipinski definition) is 3. The molecule has 0 bridgehead atoms. The number of rotatable bonds is 6. The van der Waals surface area contributed by atoms with Crippen molar-refractivity contribution >= 4 is 17.4 Å². The zero-order valence-electron chi connectivity index (χ0n) is 13.9. The maximum Gasteiger partial charge on any atom is 0.255 e. The number of carbonyl (C=O) groups is 1. The van der Waals surface area contributed by atoms with Crippen LogP contribution in [0.1, 0.15) is 11.1 Å². The Morgan fingerprint density at radius 2 is 0.962 bits per heavy atom. The minimum absolute atomic E-state index is 0.311. The highest BCUT2D eigenvalue weighted by Gasteiger charge is 2.25. The average molecular weight is 366 g/mol. The summed E-state index contributed by atoms with van der Waals surface area (Å²) in [5.41, 5.74) is -0.622. The maximum atomic E-state index is 14.1. The summed E-state index contributed by atoms with van der Waals surface area (Å²) in [6, 6.07) is 9.89. The second-order valence-electron chi connectivity index (χ2n) is 5.04. The van der Waals surface area contributed by atoms with E-state index in [0.717, 1.165) is 24.3 Å². The van der Waals surface area contributed by atoms with Crippen LogP contribution in [0.2, 0.25) is 0 Å². The third kappa shape index (κ3) is 4.11. The molecule has 0 aliphatic carbocycles. The molecule has 2 aromatic rings. The molecule has 0 aliphatic heterocycles. The summed E-state index contributed by atoms with van der Waals surface area (Å²) in [6.07, 6.45) is 0. The van der Waals surface area contributed by atoms with Crippen molar-refractivity contribution in [3.8, 4) is 11.5 Å². The summed E-state index contributed by atoms with van der Waals surface area (Å²) in [5, 5.41) is 0. The SMILES string of the molecule is COc1ccc(/C(F)=C(\F)C(=O)/C(F)=C(\F)c2ccc(OC)cc2)cc1. The first-order valence-electron chi connectivity index (χ1n) is 7.33. The van der Waals surface area contributed by atoms with E-state index in [2.05, 4.69) is 0 Å². The number of carbonyl (C=O) groups excluding carboxylic acids is 1. The molecule has 0 N–H and O–H groups in total. The van der Waals surface area contributed by atoms with E-state index in [0.29, 0.717) is 11.5 Å². The molecule has 0 saturated heterocycles. The molecule has 0 spiro atoms. The van der Waals surface area contributed by atoms with Crippen molar-refractivity contribution in [3.63, 3.8) is 0 Å². The number of ketones is 1. The molecule has 2 aromatic carbocycles. The Hall–Kier alpha value is -3.09. The molecular weight excluding hydrogens is 352 g/mol. The topological polar surface area (TPSA) is 35.5 Å². The van der Waals surface area contributed by atoms with Gasteiger partial charge in [0, 0.05) is 11.1 Å². The van der Waals surface area contributed by atoms with Crippen LogP contribution in [0.3, 0.4) is 0 Å².